The topological polar surface area (TPSA) is 56.9 Å². The molecule has 18 heavy (non-hydrogen) atoms. The van der Waals surface area contributed by atoms with E-state index in [0.717, 1.165) is 29.7 Å². The molecule has 0 amide bonds. The molecular formula is C14H17N3O. The fraction of sp³-hybridized carbons (Fsp3) is 0.357. The molecule has 0 radical (unpaired) electrons. The van der Waals surface area contributed by atoms with Crippen LogP contribution < -0.4 is 16.2 Å². The van der Waals surface area contributed by atoms with Gasteiger partial charge in [-0.2, -0.15) is 0 Å². The maximum Gasteiger partial charge on any atom is 0.248 e. The summed E-state index contributed by atoms with van der Waals surface area (Å²) >= 11 is 0. The van der Waals surface area contributed by atoms with E-state index in [4.69, 9.17) is 0 Å². The van der Waals surface area contributed by atoms with Crippen LogP contribution in [0.15, 0.2) is 35.1 Å². The van der Waals surface area contributed by atoms with E-state index in [1.54, 1.807) is 6.07 Å². The van der Waals surface area contributed by atoms with E-state index in [-0.39, 0.29) is 5.56 Å². The second kappa shape index (κ2) is 4.82. The quantitative estimate of drug-likeness (QED) is 0.769. The molecule has 0 spiro atoms. The number of rotatable bonds is 3. The number of fused-ring (bicyclic) bond motifs is 1. The predicted octanol–water partition coefficient (Wildman–Crippen LogP) is 1.69. The highest BCUT2D eigenvalue weighted by molar-refractivity contribution is 5.82. The van der Waals surface area contributed by atoms with Gasteiger partial charge in [-0.25, -0.2) is 0 Å². The molecule has 1 atom stereocenters. The molecule has 3 N–H and O–H groups in total. The zero-order valence-corrected chi connectivity index (χ0v) is 10.2. The van der Waals surface area contributed by atoms with Crippen molar-refractivity contribution in [2.24, 2.45) is 0 Å². The summed E-state index contributed by atoms with van der Waals surface area (Å²) in [5.74, 6) is 0. The normalized spacial score (nSPS) is 19.2. The van der Waals surface area contributed by atoms with Gasteiger partial charge in [0.1, 0.15) is 0 Å². The minimum absolute atomic E-state index is 0.0571. The summed E-state index contributed by atoms with van der Waals surface area (Å²) in [4.78, 5) is 14.0. The van der Waals surface area contributed by atoms with Crippen molar-refractivity contribution >= 4 is 16.6 Å². The van der Waals surface area contributed by atoms with Crippen molar-refractivity contribution in [1.29, 1.82) is 0 Å². The van der Waals surface area contributed by atoms with Crippen LogP contribution in [0.4, 0.5) is 5.69 Å². The van der Waals surface area contributed by atoms with Gasteiger partial charge in [0.05, 0.1) is 0 Å². The van der Waals surface area contributed by atoms with Crippen molar-refractivity contribution in [2.75, 3.05) is 18.4 Å². The summed E-state index contributed by atoms with van der Waals surface area (Å²) in [5, 5.41) is 7.95. The van der Waals surface area contributed by atoms with E-state index in [2.05, 4.69) is 21.7 Å². The molecule has 1 aromatic carbocycles. The second-order valence-electron chi connectivity index (χ2n) is 4.80. The Labute approximate surface area is 105 Å². The molecule has 0 unspecified atom stereocenters. The second-order valence-corrected chi connectivity index (χ2v) is 4.80. The number of aromatic amines is 1. The summed E-state index contributed by atoms with van der Waals surface area (Å²) in [7, 11) is 0. The molecule has 1 aliphatic heterocycles. The highest BCUT2D eigenvalue weighted by atomic mass is 16.1. The van der Waals surface area contributed by atoms with Crippen LogP contribution in [0.2, 0.25) is 0 Å². The number of aromatic nitrogens is 1. The summed E-state index contributed by atoms with van der Waals surface area (Å²) in [6, 6.07) is 10.0. The van der Waals surface area contributed by atoms with Crippen LogP contribution in [0.25, 0.3) is 10.9 Å². The van der Waals surface area contributed by atoms with Gasteiger partial charge < -0.3 is 15.6 Å². The molecule has 0 aliphatic carbocycles. The fourth-order valence-electron chi connectivity index (χ4n) is 2.44. The zero-order chi connectivity index (χ0) is 12.4. The zero-order valence-electron chi connectivity index (χ0n) is 10.2. The standard InChI is InChI=1S/C14H17N3O/c18-14-6-3-10-8-11(4-5-13(10)17-14)16-9-12-2-1-7-15-12/h3-6,8,12,15-16H,1-2,7,9H2,(H,17,18)/t12-/m0/s1. The van der Waals surface area contributed by atoms with E-state index in [9.17, 15) is 4.79 Å². The lowest BCUT2D eigenvalue weighted by molar-refractivity contribution is 0.633. The smallest absolute Gasteiger partial charge is 0.248 e. The van der Waals surface area contributed by atoms with Crippen molar-refractivity contribution in [3.8, 4) is 0 Å². The number of hydrogen-bond acceptors (Lipinski definition) is 3. The van der Waals surface area contributed by atoms with Crippen LogP contribution in [0.1, 0.15) is 12.8 Å². The van der Waals surface area contributed by atoms with E-state index in [0.29, 0.717) is 6.04 Å². The highest BCUT2D eigenvalue weighted by Crippen LogP contribution is 2.16. The molecule has 0 bridgehead atoms. The predicted molar refractivity (Wildman–Crippen MR) is 74.1 cm³/mol. The Kier molecular flexibility index (Phi) is 3.02. The summed E-state index contributed by atoms with van der Waals surface area (Å²) < 4.78 is 0. The van der Waals surface area contributed by atoms with Gasteiger partial charge >= 0.3 is 0 Å². The number of hydrogen-bond donors (Lipinski definition) is 3. The van der Waals surface area contributed by atoms with Crippen LogP contribution in [-0.2, 0) is 0 Å². The van der Waals surface area contributed by atoms with Crippen LogP contribution in [0.5, 0.6) is 0 Å². The molecule has 2 heterocycles. The number of anilines is 1. The van der Waals surface area contributed by atoms with E-state index < -0.39 is 0 Å². The molecule has 0 saturated carbocycles. The summed E-state index contributed by atoms with van der Waals surface area (Å²) in [5.41, 5.74) is 1.92. The van der Waals surface area contributed by atoms with Gasteiger partial charge in [0.15, 0.2) is 0 Å². The minimum atomic E-state index is -0.0571. The van der Waals surface area contributed by atoms with Gasteiger partial charge in [0, 0.05) is 35.2 Å². The van der Waals surface area contributed by atoms with Crippen LogP contribution in [0.3, 0.4) is 0 Å². The lowest BCUT2D eigenvalue weighted by Gasteiger charge is -2.13. The first-order valence-corrected chi connectivity index (χ1v) is 6.42. The Morgan fingerprint density at radius 3 is 3.06 bits per heavy atom. The van der Waals surface area contributed by atoms with E-state index in [1.807, 2.05) is 18.2 Å². The first-order valence-electron chi connectivity index (χ1n) is 6.42. The average molecular weight is 243 g/mol. The van der Waals surface area contributed by atoms with Gasteiger partial charge in [-0.15, -0.1) is 0 Å². The van der Waals surface area contributed by atoms with Gasteiger partial charge in [0.2, 0.25) is 5.56 Å². The Morgan fingerprint density at radius 2 is 2.22 bits per heavy atom. The average Bonchev–Trinajstić information content (AvgIpc) is 2.89. The maximum atomic E-state index is 11.2. The Bertz CT molecular complexity index is 599. The third-order valence-electron chi connectivity index (χ3n) is 3.44. The van der Waals surface area contributed by atoms with Crippen molar-refractivity contribution in [3.63, 3.8) is 0 Å². The summed E-state index contributed by atoms with van der Waals surface area (Å²) in [6.45, 7) is 2.08. The number of pyridine rings is 1. The number of H-pyrrole nitrogens is 1. The lowest BCUT2D eigenvalue weighted by Crippen LogP contribution is -2.29. The Morgan fingerprint density at radius 1 is 1.28 bits per heavy atom. The third-order valence-corrected chi connectivity index (χ3v) is 3.44. The van der Waals surface area contributed by atoms with Crippen molar-refractivity contribution in [2.45, 2.75) is 18.9 Å². The van der Waals surface area contributed by atoms with Crippen molar-refractivity contribution in [1.82, 2.24) is 10.3 Å². The van der Waals surface area contributed by atoms with Crippen LogP contribution >= 0.6 is 0 Å². The monoisotopic (exact) mass is 243 g/mol. The molecule has 1 aliphatic rings. The minimum Gasteiger partial charge on any atom is -0.383 e. The van der Waals surface area contributed by atoms with Crippen molar-refractivity contribution < 1.29 is 0 Å². The van der Waals surface area contributed by atoms with Gasteiger partial charge in [-0.3, -0.25) is 4.79 Å². The molecule has 94 valence electrons. The molecule has 2 aromatic rings. The fourth-order valence-corrected chi connectivity index (χ4v) is 2.44. The number of nitrogens with one attached hydrogen (secondary N) is 3. The van der Waals surface area contributed by atoms with Crippen LogP contribution in [-0.4, -0.2) is 24.1 Å². The highest BCUT2D eigenvalue weighted by Gasteiger charge is 2.12. The molecule has 4 nitrogen and oxygen atoms in total. The first kappa shape index (κ1) is 11.3. The Hall–Kier alpha value is -1.81. The van der Waals surface area contributed by atoms with E-state index >= 15 is 0 Å². The largest absolute Gasteiger partial charge is 0.383 e. The first-order chi connectivity index (χ1) is 8.81. The number of benzene rings is 1. The SMILES string of the molecule is O=c1ccc2cc(NC[C@@H]3CCCN3)ccc2[nH]1. The van der Waals surface area contributed by atoms with Crippen LogP contribution in [0, 0.1) is 0 Å². The molecule has 1 fully saturated rings. The summed E-state index contributed by atoms with van der Waals surface area (Å²) in [6.07, 6.45) is 2.51. The Balaban J connectivity index is 1.76. The third kappa shape index (κ3) is 2.38. The van der Waals surface area contributed by atoms with Gasteiger partial charge in [-0.05, 0) is 43.7 Å². The lowest BCUT2D eigenvalue weighted by atomic mass is 10.2. The molecular weight excluding hydrogens is 226 g/mol. The van der Waals surface area contributed by atoms with Gasteiger partial charge in [0.25, 0.3) is 0 Å². The molecule has 3 rings (SSSR count). The van der Waals surface area contributed by atoms with Gasteiger partial charge in [-0.1, -0.05) is 0 Å². The molecule has 1 saturated heterocycles. The maximum absolute atomic E-state index is 11.2. The van der Waals surface area contributed by atoms with E-state index in [1.165, 1.54) is 12.8 Å². The molecule has 4 heteroatoms. The van der Waals surface area contributed by atoms with Crippen molar-refractivity contribution in [3.05, 3.63) is 40.7 Å². The molecule has 1 aromatic heterocycles.